The van der Waals surface area contributed by atoms with Gasteiger partial charge in [-0.3, -0.25) is 10.1 Å². The van der Waals surface area contributed by atoms with Crippen LogP contribution in [0.2, 0.25) is 0 Å². The van der Waals surface area contributed by atoms with Crippen LogP contribution in [-0.4, -0.2) is 41.6 Å². The van der Waals surface area contributed by atoms with Gasteiger partial charge >= 0.3 is 6.03 Å². The molecule has 7 heteroatoms. The van der Waals surface area contributed by atoms with Crippen LogP contribution in [0.15, 0.2) is 10.6 Å². The number of carbonyl (C=O) groups is 2. The van der Waals surface area contributed by atoms with Crippen molar-refractivity contribution in [3.63, 3.8) is 0 Å². The molecule has 1 saturated heterocycles. The topological polar surface area (TPSA) is 87.5 Å². The molecule has 1 aliphatic heterocycles. The van der Waals surface area contributed by atoms with E-state index in [1.165, 1.54) is 0 Å². The fourth-order valence-electron chi connectivity index (χ4n) is 1.82. The summed E-state index contributed by atoms with van der Waals surface area (Å²) >= 11 is 0. The van der Waals surface area contributed by atoms with Crippen LogP contribution in [-0.2, 0) is 4.79 Å². The van der Waals surface area contributed by atoms with Crippen LogP contribution >= 0.6 is 0 Å². The summed E-state index contributed by atoms with van der Waals surface area (Å²) in [4.78, 5) is 24.9. The summed E-state index contributed by atoms with van der Waals surface area (Å²) in [5.74, 6) is 0.885. The standard InChI is InChI=1S/C11H16N4O3/c1-8-6-9(14-18-8)13-11(17)12-7-10(16)15-4-2-3-5-15/h6H,2-5,7H2,1H3,(H2,12,13,14,17). The van der Waals surface area contributed by atoms with Gasteiger partial charge in [-0.05, 0) is 19.8 Å². The molecule has 2 heterocycles. The van der Waals surface area contributed by atoms with Crippen molar-refractivity contribution in [1.82, 2.24) is 15.4 Å². The highest BCUT2D eigenvalue weighted by atomic mass is 16.5. The Morgan fingerprint density at radius 1 is 1.44 bits per heavy atom. The van der Waals surface area contributed by atoms with Gasteiger partial charge in [0.2, 0.25) is 5.91 Å². The molecule has 3 amide bonds. The van der Waals surface area contributed by atoms with Crippen LogP contribution in [0.1, 0.15) is 18.6 Å². The number of nitrogens with one attached hydrogen (secondary N) is 2. The molecule has 0 bridgehead atoms. The monoisotopic (exact) mass is 252 g/mol. The van der Waals surface area contributed by atoms with Crippen molar-refractivity contribution in [3.05, 3.63) is 11.8 Å². The van der Waals surface area contributed by atoms with E-state index in [1.54, 1.807) is 17.9 Å². The van der Waals surface area contributed by atoms with Gasteiger partial charge in [0.1, 0.15) is 5.76 Å². The first kappa shape index (κ1) is 12.4. The quantitative estimate of drug-likeness (QED) is 0.830. The molecule has 7 nitrogen and oxygen atoms in total. The Morgan fingerprint density at radius 2 is 2.17 bits per heavy atom. The third kappa shape index (κ3) is 3.22. The van der Waals surface area contributed by atoms with Crippen molar-refractivity contribution in [3.8, 4) is 0 Å². The minimum atomic E-state index is -0.462. The van der Waals surface area contributed by atoms with Crippen molar-refractivity contribution in [2.45, 2.75) is 19.8 Å². The van der Waals surface area contributed by atoms with E-state index < -0.39 is 6.03 Å². The van der Waals surface area contributed by atoms with Crippen molar-refractivity contribution in [1.29, 1.82) is 0 Å². The van der Waals surface area contributed by atoms with Crippen LogP contribution in [0.3, 0.4) is 0 Å². The maximum Gasteiger partial charge on any atom is 0.320 e. The first-order valence-electron chi connectivity index (χ1n) is 5.91. The lowest BCUT2D eigenvalue weighted by Gasteiger charge is -2.15. The second-order valence-electron chi connectivity index (χ2n) is 4.22. The average molecular weight is 252 g/mol. The van der Waals surface area contributed by atoms with Crippen LogP contribution in [0.5, 0.6) is 0 Å². The van der Waals surface area contributed by atoms with Gasteiger partial charge in [0.25, 0.3) is 0 Å². The molecular formula is C11H16N4O3. The summed E-state index contributed by atoms with van der Waals surface area (Å²) in [6.07, 6.45) is 2.08. The van der Waals surface area contributed by atoms with Gasteiger partial charge in [-0.2, -0.15) is 0 Å². The SMILES string of the molecule is Cc1cc(NC(=O)NCC(=O)N2CCCC2)no1. The smallest absolute Gasteiger partial charge is 0.320 e. The fraction of sp³-hybridized carbons (Fsp3) is 0.545. The van der Waals surface area contributed by atoms with E-state index in [0.717, 1.165) is 25.9 Å². The van der Waals surface area contributed by atoms with Gasteiger partial charge in [0.05, 0.1) is 6.54 Å². The van der Waals surface area contributed by atoms with Gasteiger partial charge in [0, 0.05) is 19.2 Å². The third-order valence-corrected chi connectivity index (χ3v) is 2.73. The van der Waals surface area contributed by atoms with Crippen LogP contribution in [0, 0.1) is 6.92 Å². The van der Waals surface area contributed by atoms with E-state index in [0.29, 0.717) is 11.6 Å². The first-order valence-corrected chi connectivity index (χ1v) is 5.91. The lowest BCUT2D eigenvalue weighted by Crippen LogP contribution is -2.40. The number of nitrogens with zero attached hydrogens (tertiary/aromatic N) is 2. The molecule has 0 spiro atoms. The normalized spacial score (nSPS) is 14.6. The van der Waals surface area contributed by atoms with Crippen LogP contribution in [0.4, 0.5) is 10.6 Å². The number of hydrogen-bond donors (Lipinski definition) is 2. The first-order chi connectivity index (χ1) is 8.65. The number of aryl methyl sites for hydroxylation is 1. The molecule has 1 aromatic heterocycles. The molecule has 0 aromatic carbocycles. The molecule has 2 N–H and O–H groups in total. The fourth-order valence-corrected chi connectivity index (χ4v) is 1.82. The molecule has 1 aromatic rings. The Balaban J connectivity index is 1.72. The van der Waals surface area contributed by atoms with Gasteiger partial charge < -0.3 is 14.7 Å². The second kappa shape index (κ2) is 5.52. The summed E-state index contributed by atoms with van der Waals surface area (Å²) in [5, 5.41) is 8.60. The van der Waals surface area contributed by atoms with Gasteiger partial charge in [-0.1, -0.05) is 5.16 Å². The second-order valence-corrected chi connectivity index (χ2v) is 4.22. The highest BCUT2D eigenvalue weighted by molar-refractivity contribution is 5.91. The number of urea groups is 1. The molecule has 98 valence electrons. The Morgan fingerprint density at radius 3 is 2.78 bits per heavy atom. The Bertz CT molecular complexity index is 437. The van der Waals surface area contributed by atoms with Crippen molar-refractivity contribution >= 4 is 17.8 Å². The predicted octanol–water partition coefficient (Wildman–Crippen LogP) is 0.727. The summed E-state index contributed by atoms with van der Waals surface area (Å²) < 4.78 is 4.80. The average Bonchev–Trinajstić information content (AvgIpc) is 2.97. The Kier molecular flexibility index (Phi) is 3.81. The highest BCUT2D eigenvalue weighted by Gasteiger charge is 2.18. The predicted molar refractivity (Wildman–Crippen MR) is 64.1 cm³/mol. The minimum Gasteiger partial charge on any atom is -0.360 e. The minimum absolute atomic E-state index is 0.00265. The Labute approximate surface area is 104 Å². The number of likely N-dealkylation sites (tertiary alicyclic amines) is 1. The van der Waals surface area contributed by atoms with Gasteiger partial charge in [-0.25, -0.2) is 4.79 Å². The van der Waals surface area contributed by atoms with Crippen LogP contribution < -0.4 is 10.6 Å². The molecular weight excluding hydrogens is 236 g/mol. The summed E-state index contributed by atoms with van der Waals surface area (Å²) in [7, 11) is 0. The lowest BCUT2D eigenvalue weighted by molar-refractivity contribution is -0.128. The van der Waals surface area contributed by atoms with Gasteiger partial charge in [0.15, 0.2) is 5.82 Å². The molecule has 0 atom stereocenters. The third-order valence-electron chi connectivity index (χ3n) is 2.73. The number of carbonyl (C=O) groups excluding carboxylic acids is 2. The van der Waals surface area contributed by atoms with Crippen molar-refractivity contribution in [2.24, 2.45) is 0 Å². The van der Waals surface area contributed by atoms with E-state index >= 15 is 0 Å². The summed E-state index contributed by atoms with van der Waals surface area (Å²) in [6.45, 7) is 3.30. The zero-order chi connectivity index (χ0) is 13.0. The highest BCUT2D eigenvalue weighted by Crippen LogP contribution is 2.07. The molecule has 1 fully saturated rings. The molecule has 0 saturated carbocycles. The summed E-state index contributed by atoms with van der Waals surface area (Å²) in [5.41, 5.74) is 0. The zero-order valence-electron chi connectivity index (χ0n) is 10.2. The number of rotatable bonds is 3. The largest absolute Gasteiger partial charge is 0.360 e. The molecule has 18 heavy (non-hydrogen) atoms. The van der Waals surface area contributed by atoms with Crippen molar-refractivity contribution < 1.29 is 14.1 Å². The molecule has 0 aliphatic carbocycles. The number of amides is 3. The number of aromatic nitrogens is 1. The van der Waals surface area contributed by atoms with E-state index in [9.17, 15) is 9.59 Å². The van der Waals surface area contributed by atoms with E-state index in [1.807, 2.05) is 0 Å². The maximum atomic E-state index is 11.7. The van der Waals surface area contributed by atoms with E-state index in [2.05, 4.69) is 15.8 Å². The molecule has 0 radical (unpaired) electrons. The molecule has 2 rings (SSSR count). The van der Waals surface area contributed by atoms with E-state index in [4.69, 9.17) is 4.52 Å². The zero-order valence-corrected chi connectivity index (χ0v) is 10.2. The number of hydrogen-bond acceptors (Lipinski definition) is 4. The molecule has 0 unspecified atom stereocenters. The molecule has 1 aliphatic rings. The summed E-state index contributed by atoms with van der Waals surface area (Å²) in [6, 6.07) is 1.14. The number of anilines is 1. The Hall–Kier alpha value is -2.05. The van der Waals surface area contributed by atoms with Crippen molar-refractivity contribution in [2.75, 3.05) is 25.0 Å². The maximum absolute atomic E-state index is 11.7. The van der Waals surface area contributed by atoms with Crippen LogP contribution in [0.25, 0.3) is 0 Å². The van der Waals surface area contributed by atoms with Gasteiger partial charge in [-0.15, -0.1) is 0 Å². The lowest BCUT2D eigenvalue weighted by atomic mass is 10.4. The van der Waals surface area contributed by atoms with E-state index in [-0.39, 0.29) is 12.5 Å².